The quantitative estimate of drug-likeness (QED) is 0.0759. The van der Waals surface area contributed by atoms with Crippen LogP contribution in [0.15, 0.2) is 64.6 Å². The molecule has 0 aliphatic rings. The number of fused-ring (bicyclic) bond motifs is 2. The molecule has 6 aromatic rings. The number of aromatic nitrogens is 8. The minimum absolute atomic E-state index is 0.0522. The lowest BCUT2D eigenvalue weighted by Crippen LogP contribution is -2.41. The maximum absolute atomic E-state index is 14.0. The molecule has 4 amide bonds. The highest BCUT2D eigenvalue weighted by Crippen LogP contribution is 2.36. The van der Waals surface area contributed by atoms with Crippen LogP contribution < -0.4 is 27.4 Å². The molecule has 340 valence electrons. The number of nitrogens with zero attached hydrogens (tertiary/aromatic N) is 10. The van der Waals surface area contributed by atoms with Gasteiger partial charge in [0.2, 0.25) is 23.1 Å². The van der Waals surface area contributed by atoms with E-state index in [1.165, 1.54) is 0 Å². The van der Waals surface area contributed by atoms with Gasteiger partial charge in [0.15, 0.2) is 8.32 Å². The van der Waals surface area contributed by atoms with E-state index in [0.717, 1.165) is 0 Å². The van der Waals surface area contributed by atoms with Crippen LogP contribution >= 0.6 is 0 Å². The minimum atomic E-state index is -1.99. The Bertz CT molecular complexity index is 2960. The number of amides is 4. The zero-order chi connectivity index (χ0) is 46.8. The fourth-order valence-corrected chi connectivity index (χ4v) is 8.40. The van der Waals surface area contributed by atoms with Crippen molar-refractivity contribution in [1.82, 2.24) is 37.8 Å². The number of imidazole rings is 2. The SMILES string of the molecule is CCn1nc(C)cc1C(=O)N=c1n(C)c2cc(C(N)=O)ccc2n1C/C=C/Cn1c(=NC(=O)c2cc(C)nn2CC)n(C)c2cc(C(N)=O)cc(OCCCO[Si](C)(C)C(C)(C)C)c21. The van der Waals surface area contributed by atoms with Gasteiger partial charge in [0, 0.05) is 64.4 Å². The van der Waals surface area contributed by atoms with Crippen molar-refractivity contribution in [2.45, 2.75) is 99.2 Å². The molecular weight excluding hydrogens is 833 g/mol. The van der Waals surface area contributed by atoms with Crippen molar-refractivity contribution in [1.29, 1.82) is 0 Å². The van der Waals surface area contributed by atoms with Crippen LogP contribution in [0, 0.1) is 13.8 Å². The molecule has 0 unspecified atom stereocenters. The number of benzene rings is 2. The number of allylic oxidation sites excluding steroid dienone is 2. The summed E-state index contributed by atoms with van der Waals surface area (Å²) in [5.41, 5.74) is 17.2. The number of ether oxygens (including phenoxy) is 1. The summed E-state index contributed by atoms with van der Waals surface area (Å²) in [6, 6.07) is 11.8. The van der Waals surface area contributed by atoms with E-state index in [4.69, 9.17) is 20.6 Å². The van der Waals surface area contributed by atoms with Crippen molar-refractivity contribution < 1.29 is 28.3 Å². The van der Waals surface area contributed by atoms with Crippen LogP contribution in [-0.4, -0.2) is 83.0 Å². The second-order valence-corrected chi connectivity index (χ2v) is 22.1. The normalized spacial score (nSPS) is 13.0. The van der Waals surface area contributed by atoms with Crippen LogP contribution in [0.4, 0.5) is 0 Å². The highest BCUT2D eigenvalue weighted by Gasteiger charge is 2.37. The second kappa shape index (κ2) is 18.6. The number of hydrogen-bond donors (Lipinski definition) is 2. The van der Waals surface area contributed by atoms with Crippen molar-refractivity contribution in [3.63, 3.8) is 0 Å². The Morgan fingerprint density at radius 3 is 1.77 bits per heavy atom. The predicted molar refractivity (Wildman–Crippen MR) is 246 cm³/mol. The molecule has 0 spiro atoms. The summed E-state index contributed by atoms with van der Waals surface area (Å²) < 4.78 is 23.3. The Morgan fingerprint density at radius 1 is 0.719 bits per heavy atom. The fraction of sp³-hybridized carbons (Fsp3) is 0.422. The third kappa shape index (κ3) is 9.49. The van der Waals surface area contributed by atoms with Crippen molar-refractivity contribution in [3.05, 3.63) is 99.8 Å². The Labute approximate surface area is 372 Å². The lowest BCUT2D eigenvalue weighted by Gasteiger charge is -2.36. The molecule has 0 aliphatic heterocycles. The first kappa shape index (κ1) is 46.9. The third-order valence-electron chi connectivity index (χ3n) is 11.8. The molecular formula is C45H60N12O6Si. The summed E-state index contributed by atoms with van der Waals surface area (Å²) in [6.07, 6.45) is 4.42. The molecule has 0 saturated heterocycles. The zero-order valence-electron chi connectivity index (χ0n) is 38.7. The summed E-state index contributed by atoms with van der Waals surface area (Å²) >= 11 is 0. The molecule has 4 heterocycles. The van der Waals surface area contributed by atoms with E-state index < -0.39 is 31.9 Å². The first-order valence-corrected chi connectivity index (χ1v) is 24.3. The van der Waals surface area contributed by atoms with E-state index in [-0.39, 0.29) is 30.3 Å². The maximum Gasteiger partial charge on any atom is 0.298 e. The van der Waals surface area contributed by atoms with Gasteiger partial charge in [-0.3, -0.25) is 28.5 Å². The molecule has 2 aromatic carbocycles. The topological polar surface area (TPSA) is 219 Å². The number of carbonyl (C=O) groups is 4. The van der Waals surface area contributed by atoms with Gasteiger partial charge in [0.25, 0.3) is 11.8 Å². The van der Waals surface area contributed by atoms with Gasteiger partial charge in [0.05, 0.1) is 34.5 Å². The Kier molecular flexibility index (Phi) is 13.6. The highest BCUT2D eigenvalue weighted by molar-refractivity contribution is 6.74. The van der Waals surface area contributed by atoms with Crippen LogP contribution in [0.3, 0.4) is 0 Å². The molecule has 0 saturated carbocycles. The van der Waals surface area contributed by atoms with Crippen LogP contribution in [0.25, 0.3) is 22.1 Å². The van der Waals surface area contributed by atoms with E-state index in [0.29, 0.717) is 93.5 Å². The summed E-state index contributed by atoms with van der Waals surface area (Å²) in [6.45, 7) is 20.6. The molecule has 0 bridgehead atoms. The lowest BCUT2D eigenvalue weighted by molar-refractivity contribution is 0.0977. The summed E-state index contributed by atoms with van der Waals surface area (Å²) in [5.74, 6) is -1.80. The highest BCUT2D eigenvalue weighted by atomic mass is 28.4. The first-order valence-electron chi connectivity index (χ1n) is 21.4. The van der Waals surface area contributed by atoms with Gasteiger partial charge in [-0.05, 0) is 88.3 Å². The second-order valence-electron chi connectivity index (χ2n) is 17.3. The monoisotopic (exact) mass is 892 g/mol. The molecule has 0 atom stereocenters. The number of hydrogen-bond acceptors (Lipinski definition) is 8. The van der Waals surface area contributed by atoms with Crippen LogP contribution in [0.2, 0.25) is 18.1 Å². The van der Waals surface area contributed by atoms with E-state index in [2.05, 4.69) is 54.0 Å². The summed E-state index contributed by atoms with van der Waals surface area (Å²) in [4.78, 5) is 61.8. The summed E-state index contributed by atoms with van der Waals surface area (Å²) in [7, 11) is 1.55. The molecule has 4 aromatic heterocycles. The number of carbonyl (C=O) groups excluding carboxylic acids is 4. The van der Waals surface area contributed by atoms with Crippen LogP contribution in [0.5, 0.6) is 5.75 Å². The largest absolute Gasteiger partial charge is 0.491 e. The van der Waals surface area contributed by atoms with Gasteiger partial charge in [0.1, 0.15) is 22.7 Å². The van der Waals surface area contributed by atoms with Crippen molar-refractivity contribution in [2.24, 2.45) is 35.5 Å². The number of primary amides is 2. The molecule has 19 heteroatoms. The molecule has 0 aliphatic carbocycles. The van der Waals surface area contributed by atoms with E-state index in [9.17, 15) is 19.2 Å². The van der Waals surface area contributed by atoms with E-state index >= 15 is 0 Å². The molecule has 18 nitrogen and oxygen atoms in total. The molecule has 64 heavy (non-hydrogen) atoms. The first-order chi connectivity index (χ1) is 30.2. The van der Waals surface area contributed by atoms with Gasteiger partial charge in [-0.1, -0.05) is 32.9 Å². The molecule has 4 N–H and O–H groups in total. The van der Waals surface area contributed by atoms with Gasteiger partial charge >= 0.3 is 0 Å². The standard InChI is InChI=1S/C45H60N12O6Si/c1-12-56-35(23-28(3)50-56)41(60)48-43-52(8)33-25-30(39(46)58)17-18-32(33)54(43)19-14-15-20-55-38-34(53(9)44(55)49-42(61)36-24-29(4)51-57(36)13-2)26-31(40(47)59)27-37(38)62-21-16-22-63-64(10,11)45(5,6)7/h14-15,17-18,23-27H,12-13,16,19-22H2,1-11H3,(H2,46,58)(H2,47,59)/b15-14+,48-43?,49-44?. The van der Waals surface area contributed by atoms with Crippen molar-refractivity contribution in [2.75, 3.05) is 13.2 Å². The van der Waals surface area contributed by atoms with Crippen LogP contribution in [0.1, 0.15) is 94.1 Å². The van der Waals surface area contributed by atoms with Gasteiger partial charge in [-0.2, -0.15) is 20.2 Å². The number of nitrogens with two attached hydrogens (primary N) is 2. The lowest BCUT2D eigenvalue weighted by atomic mass is 10.1. The average Bonchev–Trinajstić information content (AvgIpc) is 3.96. The average molecular weight is 893 g/mol. The number of rotatable bonds is 16. The molecule has 6 rings (SSSR count). The molecule has 0 radical (unpaired) electrons. The third-order valence-corrected chi connectivity index (χ3v) is 16.3. The predicted octanol–water partition coefficient (Wildman–Crippen LogP) is 5.05. The maximum atomic E-state index is 14.0. The smallest absolute Gasteiger partial charge is 0.298 e. The summed E-state index contributed by atoms with van der Waals surface area (Å²) in [5, 5.41) is 8.93. The Hall–Kier alpha value is -6.60. The van der Waals surface area contributed by atoms with Gasteiger partial charge < -0.3 is 38.9 Å². The van der Waals surface area contributed by atoms with Crippen molar-refractivity contribution in [3.8, 4) is 5.75 Å². The Balaban J connectivity index is 1.45. The van der Waals surface area contributed by atoms with Gasteiger partial charge in [-0.25, -0.2) is 0 Å². The zero-order valence-corrected chi connectivity index (χ0v) is 39.7. The number of aryl methyl sites for hydroxylation is 6. The van der Waals surface area contributed by atoms with Crippen molar-refractivity contribution >= 4 is 54.0 Å². The Morgan fingerprint density at radius 2 is 1.23 bits per heavy atom. The molecule has 0 fully saturated rings. The minimum Gasteiger partial charge on any atom is -0.491 e. The fourth-order valence-electron chi connectivity index (χ4n) is 7.31. The van der Waals surface area contributed by atoms with Gasteiger partial charge in [-0.15, -0.1) is 0 Å². The van der Waals surface area contributed by atoms with E-state index in [1.807, 2.05) is 49.0 Å². The van der Waals surface area contributed by atoms with Crippen LogP contribution in [-0.2, 0) is 44.7 Å². The van der Waals surface area contributed by atoms with E-state index in [1.54, 1.807) is 75.1 Å².